The van der Waals surface area contributed by atoms with Crippen molar-refractivity contribution in [1.82, 2.24) is 5.32 Å². The molecule has 1 nitrogen and oxygen atoms in total. The maximum absolute atomic E-state index is 5.82. The fourth-order valence-corrected chi connectivity index (χ4v) is 2.21. The average molecular weight is 204 g/mol. The van der Waals surface area contributed by atoms with E-state index in [4.69, 9.17) is 11.6 Å². The monoisotopic (exact) mass is 203 g/mol. The summed E-state index contributed by atoms with van der Waals surface area (Å²) >= 11 is 5.82. The predicted molar refractivity (Wildman–Crippen MR) is 59.4 cm³/mol. The Hall–Kier alpha value is 0.250. The van der Waals surface area contributed by atoms with Gasteiger partial charge in [-0.25, -0.2) is 0 Å². The summed E-state index contributed by atoms with van der Waals surface area (Å²) in [5, 5.41) is 3.69. The van der Waals surface area contributed by atoms with Crippen molar-refractivity contribution in [3.63, 3.8) is 0 Å². The van der Waals surface area contributed by atoms with Crippen molar-refractivity contribution in [2.75, 3.05) is 5.88 Å². The van der Waals surface area contributed by atoms with Gasteiger partial charge in [-0.2, -0.15) is 0 Å². The highest BCUT2D eigenvalue weighted by molar-refractivity contribution is 6.18. The first-order valence-electron chi connectivity index (χ1n) is 5.56. The number of hydrogen-bond donors (Lipinski definition) is 1. The summed E-state index contributed by atoms with van der Waals surface area (Å²) in [6, 6.07) is 1.33. The molecule has 1 N–H and O–H groups in total. The van der Waals surface area contributed by atoms with E-state index in [2.05, 4.69) is 19.2 Å². The summed E-state index contributed by atoms with van der Waals surface area (Å²) in [6.45, 7) is 4.47. The largest absolute Gasteiger partial charge is 0.311 e. The van der Waals surface area contributed by atoms with Gasteiger partial charge in [0.05, 0.1) is 0 Å². The Balaban J connectivity index is 2.21. The fraction of sp³-hybridized carbons (Fsp3) is 1.00. The van der Waals surface area contributed by atoms with Crippen LogP contribution in [0.2, 0.25) is 0 Å². The summed E-state index contributed by atoms with van der Waals surface area (Å²) in [7, 11) is 0. The highest BCUT2D eigenvalue weighted by Crippen LogP contribution is 2.19. The average Bonchev–Trinajstić information content (AvgIpc) is 2.18. The maximum atomic E-state index is 5.82. The Kier molecular flexibility index (Phi) is 5.12. The van der Waals surface area contributed by atoms with E-state index in [1.165, 1.54) is 32.1 Å². The van der Waals surface area contributed by atoms with E-state index in [0.717, 1.165) is 11.9 Å². The molecule has 0 aromatic heterocycles. The number of hydrogen-bond acceptors (Lipinski definition) is 1. The van der Waals surface area contributed by atoms with Crippen LogP contribution in [0.25, 0.3) is 0 Å². The minimum atomic E-state index is 0.570. The lowest BCUT2D eigenvalue weighted by Gasteiger charge is -2.29. The Morgan fingerprint density at radius 2 is 1.85 bits per heavy atom. The zero-order chi connectivity index (χ0) is 9.68. The molecule has 78 valence electrons. The molecule has 0 radical (unpaired) electrons. The molecule has 0 amide bonds. The predicted octanol–water partition coefficient (Wildman–Crippen LogP) is 3.17. The Labute approximate surface area is 87.2 Å². The molecule has 1 rings (SSSR count). The minimum absolute atomic E-state index is 0.570. The summed E-state index contributed by atoms with van der Waals surface area (Å²) < 4.78 is 0. The Bertz CT molecular complexity index is 132. The molecular formula is C11H22ClN. The van der Waals surface area contributed by atoms with Crippen molar-refractivity contribution in [3.8, 4) is 0 Å². The lowest BCUT2D eigenvalue weighted by molar-refractivity contribution is 0.311. The van der Waals surface area contributed by atoms with Gasteiger partial charge in [0.1, 0.15) is 0 Å². The van der Waals surface area contributed by atoms with E-state index in [-0.39, 0.29) is 0 Å². The van der Waals surface area contributed by atoms with Crippen molar-refractivity contribution in [1.29, 1.82) is 0 Å². The molecular weight excluding hydrogens is 182 g/mol. The summed E-state index contributed by atoms with van der Waals surface area (Å²) in [4.78, 5) is 0. The van der Waals surface area contributed by atoms with Crippen LogP contribution in [0.5, 0.6) is 0 Å². The van der Waals surface area contributed by atoms with Gasteiger partial charge in [0, 0.05) is 18.0 Å². The van der Waals surface area contributed by atoms with Gasteiger partial charge in [-0.15, -0.1) is 11.6 Å². The fourth-order valence-electron chi connectivity index (χ4n) is 1.94. The Morgan fingerprint density at radius 1 is 1.23 bits per heavy atom. The number of nitrogens with one attached hydrogen (secondary N) is 1. The van der Waals surface area contributed by atoms with Crippen LogP contribution in [0.15, 0.2) is 0 Å². The molecule has 0 saturated heterocycles. The molecule has 0 heterocycles. The van der Waals surface area contributed by atoms with Crippen molar-refractivity contribution in [3.05, 3.63) is 0 Å². The van der Waals surface area contributed by atoms with Crippen LogP contribution in [0.1, 0.15) is 46.0 Å². The van der Waals surface area contributed by atoms with Crippen molar-refractivity contribution >= 4 is 11.6 Å². The third-order valence-electron chi connectivity index (χ3n) is 3.20. The van der Waals surface area contributed by atoms with Crippen LogP contribution in [-0.2, 0) is 0 Å². The molecule has 2 heteroatoms. The van der Waals surface area contributed by atoms with Gasteiger partial charge in [0.25, 0.3) is 0 Å². The van der Waals surface area contributed by atoms with E-state index in [0.29, 0.717) is 12.0 Å². The maximum Gasteiger partial charge on any atom is 0.0263 e. The van der Waals surface area contributed by atoms with Gasteiger partial charge in [-0.1, -0.05) is 26.2 Å². The Morgan fingerprint density at radius 3 is 2.38 bits per heavy atom. The highest BCUT2D eigenvalue weighted by Gasteiger charge is 2.18. The summed E-state index contributed by atoms with van der Waals surface area (Å²) in [5.41, 5.74) is 0. The van der Waals surface area contributed by atoms with Crippen LogP contribution in [0, 0.1) is 5.92 Å². The third-order valence-corrected chi connectivity index (χ3v) is 3.69. The molecule has 2 unspecified atom stereocenters. The number of halogens is 1. The lowest BCUT2D eigenvalue weighted by Crippen LogP contribution is -2.41. The van der Waals surface area contributed by atoms with E-state index >= 15 is 0 Å². The molecule has 0 bridgehead atoms. The smallest absolute Gasteiger partial charge is 0.0263 e. The van der Waals surface area contributed by atoms with Crippen LogP contribution < -0.4 is 5.32 Å². The number of rotatable bonds is 4. The van der Waals surface area contributed by atoms with E-state index in [1.54, 1.807) is 0 Å². The molecule has 0 spiro atoms. The van der Waals surface area contributed by atoms with Crippen molar-refractivity contribution in [2.24, 2.45) is 5.92 Å². The molecule has 0 aromatic rings. The highest BCUT2D eigenvalue weighted by atomic mass is 35.5. The summed E-state index contributed by atoms with van der Waals surface area (Å²) in [5.74, 6) is 1.35. The first kappa shape index (κ1) is 11.3. The molecule has 1 aliphatic rings. The quantitative estimate of drug-likeness (QED) is 0.693. The topological polar surface area (TPSA) is 12.0 Å². The van der Waals surface area contributed by atoms with Crippen molar-refractivity contribution < 1.29 is 0 Å². The van der Waals surface area contributed by atoms with Gasteiger partial charge in [0.15, 0.2) is 0 Å². The molecule has 0 aromatic carbocycles. The minimum Gasteiger partial charge on any atom is -0.311 e. The van der Waals surface area contributed by atoms with E-state index in [1.807, 2.05) is 0 Å². The standard InChI is InChI=1S/C11H22ClN/c1-9(8-12)10(2)13-11-6-4-3-5-7-11/h9-11,13H,3-8H2,1-2H3. The molecule has 1 aliphatic carbocycles. The first-order valence-corrected chi connectivity index (χ1v) is 6.09. The zero-order valence-electron chi connectivity index (χ0n) is 8.85. The molecule has 1 saturated carbocycles. The van der Waals surface area contributed by atoms with Gasteiger partial charge in [-0.05, 0) is 25.7 Å². The molecule has 1 fully saturated rings. The van der Waals surface area contributed by atoms with Crippen LogP contribution in [0.3, 0.4) is 0 Å². The lowest BCUT2D eigenvalue weighted by atomic mass is 9.94. The molecule has 0 aliphatic heterocycles. The van der Waals surface area contributed by atoms with Crippen molar-refractivity contribution in [2.45, 2.75) is 58.0 Å². The van der Waals surface area contributed by atoms with E-state index in [9.17, 15) is 0 Å². The van der Waals surface area contributed by atoms with Crippen LogP contribution in [0.4, 0.5) is 0 Å². The van der Waals surface area contributed by atoms with Gasteiger partial charge >= 0.3 is 0 Å². The van der Waals surface area contributed by atoms with Gasteiger partial charge in [-0.3, -0.25) is 0 Å². The number of alkyl halides is 1. The molecule has 13 heavy (non-hydrogen) atoms. The van der Waals surface area contributed by atoms with E-state index < -0.39 is 0 Å². The zero-order valence-corrected chi connectivity index (χ0v) is 9.61. The van der Waals surface area contributed by atoms with Crippen LogP contribution in [-0.4, -0.2) is 18.0 Å². The third kappa shape index (κ3) is 3.86. The second-order valence-electron chi connectivity index (χ2n) is 4.42. The SMILES string of the molecule is CC(CCl)C(C)NC1CCCCC1. The van der Waals surface area contributed by atoms with Gasteiger partial charge < -0.3 is 5.32 Å². The van der Waals surface area contributed by atoms with Crippen LogP contribution >= 0.6 is 11.6 Å². The second-order valence-corrected chi connectivity index (χ2v) is 4.73. The molecule has 2 atom stereocenters. The second kappa shape index (κ2) is 5.87. The first-order chi connectivity index (χ1) is 6.24. The normalized spacial score (nSPS) is 24.2. The van der Waals surface area contributed by atoms with Gasteiger partial charge in [0.2, 0.25) is 0 Å². The summed E-state index contributed by atoms with van der Waals surface area (Å²) in [6.07, 6.45) is 6.95.